The molecule has 1 atom stereocenters. The summed E-state index contributed by atoms with van der Waals surface area (Å²) in [5.41, 5.74) is -0.800. The lowest BCUT2D eigenvalue weighted by Crippen LogP contribution is -2.58. The van der Waals surface area contributed by atoms with Gasteiger partial charge in [0.1, 0.15) is 5.54 Å². The summed E-state index contributed by atoms with van der Waals surface area (Å²) in [5.74, 6) is 0.0935. The minimum atomic E-state index is -0.800. The number of carbonyl (C=O) groups is 1. The fraction of sp³-hybridized carbons (Fsp3) is 0.533. The number of hydrogen-bond donors (Lipinski definition) is 2. The van der Waals surface area contributed by atoms with Crippen LogP contribution in [0.4, 0.5) is 0 Å². The van der Waals surface area contributed by atoms with Gasteiger partial charge >= 0.3 is 5.97 Å². The second kappa shape index (κ2) is 6.50. The van der Waals surface area contributed by atoms with E-state index in [1.165, 1.54) is 0 Å². The molecule has 0 radical (unpaired) electrons. The zero-order chi connectivity index (χ0) is 14.8. The maximum atomic E-state index is 11.8. The first-order valence-corrected chi connectivity index (χ1v) is 8.61. The molecule has 1 fully saturated rings. The van der Waals surface area contributed by atoms with Gasteiger partial charge in [-0.15, -0.1) is 11.8 Å². The quantitative estimate of drug-likeness (QED) is 0.729. The average molecular weight is 358 g/mol. The molecule has 1 unspecified atom stereocenters. The van der Waals surface area contributed by atoms with Crippen LogP contribution in [0, 0.1) is 5.92 Å². The third-order valence-corrected chi connectivity index (χ3v) is 5.22. The normalized spacial score (nSPS) is 18.0. The van der Waals surface area contributed by atoms with Gasteiger partial charge in [-0.3, -0.25) is 10.1 Å². The van der Waals surface area contributed by atoms with Crippen LogP contribution in [0.2, 0.25) is 0 Å². The van der Waals surface area contributed by atoms with Crippen molar-refractivity contribution >= 4 is 33.7 Å². The van der Waals surface area contributed by atoms with Crippen LogP contribution in [-0.4, -0.2) is 28.4 Å². The smallest absolute Gasteiger partial charge is 0.325 e. The summed E-state index contributed by atoms with van der Waals surface area (Å²) in [6.07, 6.45) is 2.01. The lowest BCUT2D eigenvalue weighted by molar-refractivity contribution is -0.145. The Hall–Kier alpha value is -0.520. The highest BCUT2D eigenvalue weighted by Crippen LogP contribution is 2.43. The third kappa shape index (κ3) is 3.77. The number of carboxylic acid groups (broad SMARTS) is 1. The van der Waals surface area contributed by atoms with Crippen LogP contribution in [0.25, 0.3) is 0 Å². The molecular weight excluding hydrogens is 338 g/mol. The van der Waals surface area contributed by atoms with Gasteiger partial charge in [-0.2, -0.15) is 0 Å². The average Bonchev–Trinajstić information content (AvgIpc) is 3.20. The van der Waals surface area contributed by atoms with Gasteiger partial charge < -0.3 is 5.11 Å². The Bertz CT molecular complexity index is 473. The van der Waals surface area contributed by atoms with E-state index in [9.17, 15) is 9.90 Å². The number of thioether (sulfide) groups is 1. The van der Waals surface area contributed by atoms with E-state index in [-0.39, 0.29) is 12.0 Å². The molecule has 1 aromatic carbocycles. The number of benzene rings is 1. The lowest BCUT2D eigenvalue weighted by atomic mass is 9.94. The number of aliphatic carboxylic acids is 1. The SMILES string of the molecule is CC(C)NC(CSc1ccc(Br)cc1)(C(=O)O)C1CC1. The van der Waals surface area contributed by atoms with Crippen molar-refractivity contribution in [3.8, 4) is 0 Å². The van der Waals surface area contributed by atoms with Gasteiger partial charge in [-0.1, -0.05) is 15.9 Å². The zero-order valence-electron chi connectivity index (χ0n) is 11.7. The Morgan fingerprint density at radius 2 is 2.05 bits per heavy atom. The van der Waals surface area contributed by atoms with Crippen LogP contribution in [0.3, 0.4) is 0 Å². The predicted molar refractivity (Wildman–Crippen MR) is 86.2 cm³/mol. The molecule has 110 valence electrons. The van der Waals surface area contributed by atoms with E-state index in [4.69, 9.17) is 0 Å². The molecule has 2 N–H and O–H groups in total. The van der Waals surface area contributed by atoms with Crippen molar-refractivity contribution < 1.29 is 9.90 Å². The molecule has 3 nitrogen and oxygen atoms in total. The van der Waals surface area contributed by atoms with Crippen LogP contribution in [0.1, 0.15) is 26.7 Å². The molecule has 1 saturated carbocycles. The number of halogens is 1. The first-order valence-electron chi connectivity index (χ1n) is 6.83. The predicted octanol–water partition coefficient (Wildman–Crippen LogP) is 3.77. The van der Waals surface area contributed by atoms with Crippen LogP contribution in [-0.2, 0) is 4.79 Å². The molecule has 1 aromatic rings. The lowest BCUT2D eigenvalue weighted by Gasteiger charge is -2.32. The fourth-order valence-corrected chi connectivity index (χ4v) is 3.82. The summed E-state index contributed by atoms with van der Waals surface area (Å²) in [6.45, 7) is 4.01. The van der Waals surface area contributed by atoms with Crippen molar-refractivity contribution in [2.45, 2.75) is 43.2 Å². The zero-order valence-corrected chi connectivity index (χ0v) is 14.1. The first-order chi connectivity index (χ1) is 9.44. The second-order valence-corrected chi connectivity index (χ2v) is 7.56. The monoisotopic (exact) mass is 357 g/mol. The molecule has 1 aliphatic carbocycles. The van der Waals surface area contributed by atoms with Crippen LogP contribution in [0.15, 0.2) is 33.6 Å². The fourth-order valence-electron chi connectivity index (χ4n) is 2.39. The van der Waals surface area contributed by atoms with Crippen LogP contribution < -0.4 is 5.32 Å². The Kier molecular flexibility index (Phi) is 5.15. The van der Waals surface area contributed by atoms with Gasteiger partial charge in [0.2, 0.25) is 0 Å². The number of hydrogen-bond acceptors (Lipinski definition) is 3. The van der Waals surface area contributed by atoms with Crippen molar-refractivity contribution in [2.24, 2.45) is 5.92 Å². The van der Waals surface area contributed by atoms with E-state index in [0.29, 0.717) is 5.75 Å². The molecule has 0 saturated heterocycles. The number of carboxylic acids is 1. The van der Waals surface area contributed by atoms with Crippen molar-refractivity contribution in [3.63, 3.8) is 0 Å². The highest BCUT2D eigenvalue weighted by Gasteiger charge is 2.51. The summed E-state index contributed by atoms with van der Waals surface area (Å²) in [5, 5.41) is 13.0. The van der Waals surface area contributed by atoms with Gasteiger partial charge in [0.15, 0.2) is 0 Å². The van der Waals surface area contributed by atoms with E-state index in [2.05, 4.69) is 21.2 Å². The molecule has 0 bridgehead atoms. The van der Waals surface area contributed by atoms with E-state index in [0.717, 1.165) is 22.2 Å². The number of nitrogens with one attached hydrogen (secondary N) is 1. The summed E-state index contributed by atoms with van der Waals surface area (Å²) in [4.78, 5) is 12.9. The Balaban J connectivity index is 2.11. The molecule has 1 aliphatic rings. The highest BCUT2D eigenvalue weighted by molar-refractivity contribution is 9.10. The van der Waals surface area contributed by atoms with E-state index < -0.39 is 11.5 Å². The minimum Gasteiger partial charge on any atom is -0.480 e. The molecule has 0 aliphatic heterocycles. The van der Waals surface area contributed by atoms with Crippen LogP contribution >= 0.6 is 27.7 Å². The van der Waals surface area contributed by atoms with E-state index >= 15 is 0 Å². The van der Waals surface area contributed by atoms with Crippen molar-refractivity contribution in [2.75, 3.05) is 5.75 Å². The summed E-state index contributed by atoms with van der Waals surface area (Å²) < 4.78 is 1.04. The Morgan fingerprint density at radius 3 is 2.50 bits per heavy atom. The topological polar surface area (TPSA) is 49.3 Å². The maximum absolute atomic E-state index is 11.8. The van der Waals surface area contributed by atoms with Crippen molar-refractivity contribution in [1.29, 1.82) is 0 Å². The molecule has 0 heterocycles. The van der Waals surface area contributed by atoms with E-state index in [1.54, 1.807) is 11.8 Å². The summed E-state index contributed by atoms with van der Waals surface area (Å²) >= 11 is 5.02. The van der Waals surface area contributed by atoms with E-state index in [1.807, 2.05) is 38.1 Å². The molecule has 5 heteroatoms. The largest absolute Gasteiger partial charge is 0.480 e. The van der Waals surface area contributed by atoms with Gasteiger partial charge in [-0.25, -0.2) is 0 Å². The third-order valence-electron chi connectivity index (χ3n) is 3.48. The molecular formula is C15H20BrNO2S. The second-order valence-electron chi connectivity index (χ2n) is 5.59. The molecule has 2 rings (SSSR count). The number of rotatable bonds is 7. The molecule has 20 heavy (non-hydrogen) atoms. The van der Waals surface area contributed by atoms with Crippen molar-refractivity contribution in [1.82, 2.24) is 5.32 Å². The minimum absolute atomic E-state index is 0.164. The summed E-state index contributed by atoms with van der Waals surface area (Å²) in [6, 6.07) is 8.17. The van der Waals surface area contributed by atoms with Gasteiger partial charge in [0.05, 0.1) is 0 Å². The Morgan fingerprint density at radius 1 is 1.45 bits per heavy atom. The molecule has 0 amide bonds. The van der Waals surface area contributed by atoms with Gasteiger partial charge in [0.25, 0.3) is 0 Å². The summed E-state index contributed by atoms with van der Waals surface area (Å²) in [7, 11) is 0. The van der Waals surface area contributed by atoms with Crippen molar-refractivity contribution in [3.05, 3.63) is 28.7 Å². The first kappa shape index (κ1) is 15.9. The molecule has 0 aromatic heterocycles. The highest BCUT2D eigenvalue weighted by atomic mass is 79.9. The standard InChI is InChI=1S/C15H20BrNO2S/c1-10(2)17-15(14(18)19,11-3-4-11)9-20-13-7-5-12(16)6-8-13/h5-8,10-11,17H,3-4,9H2,1-2H3,(H,18,19). The van der Waals surface area contributed by atoms with Gasteiger partial charge in [-0.05, 0) is 56.9 Å². The molecule has 0 spiro atoms. The van der Waals surface area contributed by atoms with Crippen LogP contribution in [0.5, 0.6) is 0 Å². The maximum Gasteiger partial charge on any atom is 0.325 e. The Labute approximate surface area is 132 Å². The van der Waals surface area contributed by atoms with Gasteiger partial charge in [0, 0.05) is 21.2 Å².